The van der Waals surface area contributed by atoms with Crippen LogP contribution in [0.1, 0.15) is 233 Å². The summed E-state index contributed by atoms with van der Waals surface area (Å²) in [6, 6.07) is 0. The molecule has 0 aliphatic heterocycles. The third-order valence-electron chi connectivity index (χ3n) is 10.6. The second kappa shape index (κ2) is 50.2. The van der Waals surface area contributed by atoms with Gasteiger partial charge in [0.15, 0.2) is 6.10 Å². The van der Waals surface area contributed by atoms with Gasteiger partial charge in [-0.25, -0.2) is 0 Å². The molecule has 0 rings (SSSR count). The van der Waals surface area contributed by atoms with Crippen molar-refractivity contribution in [2.24, 2.45) is 0 Å². The van der Waals surface area contributed by atoms with Gasteiger partial charge in [-0.15, -0.1) is 0 Å². The number of hydrogen-bond acceptors (Lipinski definition) is 6. The first kappa shape index (κ1) is 58.6. The van der Waals surface area contributed by atoms with Crippen LogP contribution in [0, 0.1) is 0 Å². The number of hydrogen-bond donors (Lipinski definition) is 0. The van der Waals surface area contributed by atoms with Crippen molar-refractivity contribution in [2.45, 2.75) is 239 Å². The van der Waals surface area contributed by atoms with E-state index in [-0.39, 0.29) is 31.1 Å². The quantitative estimate of drug-likeness (QED) is 0.0263. The molecular weight excluding hydrogens is 769 g/mol. The molecule has 0 aromatic carbocycles. The molecule has 1 atom stereocenters. The number of esters is 3. The van der Waals surface area contributed by atoms with E-state index in [2.05, 4.69) is 106 Å². The van der Waals surface area contributed by atoms with E-state index in [1.165, 1.54) is 70.6 Å². The Bertz CT molecular complexity index is 1220. The highest BCUT2D eigenvalue weighted by atomic mass is 16.6. The van der Waals surface area contributed by atoms with Gasteiger partial charge >= 0.3 is 17.9 Å². The fourth-order valence-corrected chi connectivity index (χ4v) is 6.74. The van der Waals surface area contributed by atoms with E-state index < -0.39 is 6.10 Å². The standard InChI is InChI=1S/C56H94O6/c1-4-7-10-13-16-19-22-24-26-27-28-29-30-32-34-37-40-43-46-49-55(58)61-52-53(51-60-54(57)48-45-42-39-36-33-21-18-15-12-9-6-3)62-56(59)50-47-44-41-38-35-31-25-23-20-17-14-11-8-5-2/h7,10,15-16,18-19,23-26,28-29,32,34,53H,4-6,8-9,11-14,17,20-22,27,30-31,33,35-52H2,1-3H3/b10-7-,18-15-,19-16-,25-23-,26-24-,29-28-,34-32-. The van der Waals surface area contributed by atoms with Crippen molar-refractivity contribution in [3.8, 4) is 0 Å². The highest BCUT2D eigenvalue weighted by Gasteiger charge is 2.19. The minimum absolute atomic E-state index is 0.0955. The smallest absolute Gasteiger partial charge is 0.306 e. The van der Waals surface area contributed by atoms with E-state index >= 15 is 0 Å². The SMILES string of the molecule is CC/C=C\C/C=C\C/C=C\C/C=C\C/C=C\CCCCCC(=O)OCC(COC(=O)CCCCCCC/C=C\CCCC)OC(=O)CCCCCCC/C=C\CCCCCCC. The summed E-state index contributed by atoms with van der Waals surface area (Å²) in [6.45, 7) is 6.42. The van der Waals surface area contributed by atoms with Crippen LogP contribution < -0.4 is 0 Å². The zero-order valence-electron chi connectivity index (χ0n) is 40.4. The monoisotopic (exact) mass is 863 g/mol. The van der Waals surface area contributed by atoms with Gasteiger partial charge < -0.3 is 14.2 Å². The topological polar surface area (TPSA) is 78.9 Å². The highest BCUT2D eigenvalue weighted by Crippen LogP contribution is 2.13. The highest BCUT2D eigenvalue weighted by molar-refractivity contribution is 5.71. The van der Waals surface area contributed by atoms with Gasteiger partial charge in [0.2, 0.25) is 0 Å². The summed E-state index contributed by atoms with van der Waals surface area (Å²) in [7, 11) is 0. The molecule has 0 saturated heterocycles. The lowest BCUT2D eigenvalue weighted by molar-refractivity contribution is -0.167. The second-order valence-corrected chi connectivity index (χ2v) is 16.7. The maximum atomic E-state index is 12.8. The van der Waals surface area contributed by atoms with E-state index in [4.69, 9.17) is 14.2 Å². The lowest BCUT2D eigenvalue weighted by atomic mass is 10.1. The number of rotatable bonds is 45. The normalized spacial score (nSPS) is 12.8. The first-order valence-corrected chi connectivity index (χ1v) is 25.6. The average molecular weight is 863 g/mol. The van der Waals surface area contributed by atoms with Crippen molar-refractivity contribution < 1.29 is 28.6 Å². The molecule has 0 spiro atoms. The van der Waals surface area contributed by atoms with Crippen molar-refractivity contribution >= 4 is 17.9 Å². The number of ether oxygens (including phenoxy) is 3. The molecule has 354 valence electrons. The predicted molar refractivity (Wildman–Crippen MR) is 265 cm³/mol. The average Bonchev–Trinajstić information content (AvgIpc) is 3.27. The van der Waals surface area contributed by atoms with E-state index in [9.17, 15) is 14.4 Å². The molecule has 0 heterocycles. The fraction of sp³-hybridized carbons (Fsp3) is 0.696. The van der Waals surface area contributed by atoms with Gasteiger partial charge in [0.1, 0.15) is 13.2 Å². The van der Waals surface area contributed by atoms with Crippen molar-refractivity contribution in [3.63, 3.8) is 0 Å². The van der Waals surface area contributed by atoms with Crippen LogP contribution in [0.25, 0.3) is 0 Å². The van der Waals surface area contributed by atoms with E-state index in [1.54, 1.807) is 0 Å². The Morgan fingerprint density at radius 3 is 1.06 bits per heavy atom. The second-order valence-electron chi connectivity index (χ2n) is 16.7. The summed E-state index contributed by atoms with van der Waals surface area (Å²) in [5, 5.41) is 0. The Morgan fingerprint density at radius 2 is 0.645 bits per heavy atom. The third-order valence-corrected chi connectivity index (χ3v) is 10.6. The lowest BCUT2D eigenvalue weighted by Crippen LogP contribution is -2.30. The zero-order chi connectivity index (χ0) is 45.1. The summed E-state index contributed by atoms with van der Waals surface area (Å²) in [4.78, 5) is 37.9. The minimum Gasteiger partial charge on any atom is -0.462 e. The Kier molecular flexibility index (Phi) is 47.5. The summed E-state index contributed by atoms with van der Waals surface area (Å²) in [6.07, 6.45) is 64.2. The summed E-state index contributed by atoms with van der Waals surface area (Å²) in [5.41, 5.74) is 0. The van der Waals surface area contributed by atoms with Gasteiger partial charge in [-0.05, 0) is 109 Å². The molecular formula is C56H94O6. The number of unbranched alkanes of at least 4 members (excludes halogenated alkanes) is 20. The molecule has 0 amide bonds. The lowest BCUT2D eigenvalue weighted by Gasteiger charge is -2.18. The van der Waals surface area contributed by atoms with Crippen LogP contribution in [0.5, 0.6) is 0 Å². The maximum Gasteiger partial charge on any atom is 0.306 e. The first-order valence-electron chi connectivity index (χ1n) is 25.6. The van der Waals surface area contributed by atoms with Crippen molar-refractivity contribution in [1.29, 1.82) is 0 Å². The molecule has 6 nitrogen and oxygen atoms in total. The third kappa shape index (κ3) is 47.6. The van der Waals surface area contributed by atoms with Crippen LogP contribution >= 0.6 is 0 Å². The predicted octanol–water partition coefficient (Wildman–Crippen LogP) is 16.8. The van der Waals surface area contributed by atoms with Crippen molar-refractivity contribution in [3.05, 3.63) is 85.1 Å². The Balaban J connectivity index is 4.45. The molecule has 1 unspecified atom stereocenters. The molecule has 0 aliphatic rings. The summed E-state index contributed by atoms with van der Waals surface area (Å²) >= 11 is 0. The molecule has 0 radical (unpaired) electrons. The van der Waals surface area contributed by atoms with Crippen molar-refractivity contribution in [1.82, 2.24) is 0 Å². The van der Waals surface area contributed by atoms with Crippen LogP contribution in [0.3, 0.4) is 0 Å². The van der Waals surface area contributed by atoms with Gasteiger partial charge in [0, 0.05) is 19.3 Å². The molecule has 0 aliphatic carbocycles. The number of allylic oxidation sites excluding steroid dienone is 14. The van der Waals surface area contributed by atoms with Crippen LogP contribution in [0.15, 0.2) is 85.1 Å². The Labute approximate surface area is 382 Å². The molecule has 0 bridgehead atoms. The number of carbonyl (C=O) groups excluding carboxylic acids is 3. The molecule has 0 aromatic rings. The molecule has 6 heteroatoms. The van der Waals surface area contributed by atoms with Gasteiger partial charge in [0.25, 0.3) is 0 Å². The molecule has 0 N–H and O–H groups in total. The van der Waals surface area contributed by atoms with Crippen LogP contribution in [-0.4, -0.2) is 37.2 Å². The summed E-state index contributed by atoms with van der Waals surface area (Å²) in [5.74, 6) is -0.949. The fourth-order valence-electron chi connectivity index (χ4n) is 6.74. The molecule has 0 fully saturated rings. The molecule has 0 aromatic heterocycles. The summed E-state index contributed by atoms with van der Waals surface area (Å²) < 4.78 is 16.7. The van der Waals surface area contributed by atoms with Gasteiger partial charge in [-0.2, -0.15) is 0 Å². The van der Waals surface area contributed by atoms with E-state index in [0.29, 0.717) is 19.3 Å². The zero-order valence-corrected chi connectivity index (χ0v) is 40.4. The van der Waals surface area contributed by atoms with Gasteiger partial charge in [-0.3, -0.25) is 14.4 Å². The number of carbonyl (C=O) groups is 3. The molecule has 62 heavy (non-hydrogen) atoms. The van der Waals surface area contributed by atoms with E-state index in [0.717, 1.165) is 122 Å². The van der Waals surface area contributed by atoms with Crippen LogP contribution in [0.4, 0.5) is 0 Å². The Hall–Kier alpha value is -3.41. The maximum absolute atomic E-state index is 12.8. The van der Waals surface area contributed by atoms with Gasteiger partial charge in [0.05, 0.1) is 0 Å². The van der Waals surface area contributed by atoms with Crippen LogP contribution in [-0.2, 0) is 28.6 Å². The molecule has 0 saturated carbocycles. The van der Waals surface area contributed by atoms with Crippen molar-refractivity contribution in [2.75, 3.05) is 13.2 Å². The first-order chi connectivity index (χ1) is 30.5. The van der Waals surface area contributed by atoms with E-state index in [1.807, 2.05) is 0 Å². The van der Waals surface area contributed by atoms with Gasteiger partial charge in [-0.1, -0.05) is 189 Å². The largest absolute Gasteiger partial charge is 0.462 e. The van der Waals surface area contributed by atoms with Crippen LogP contribution in [0.2, 0.25) is 0 Å². The minimum atomic E-state index is -0.797. The Morgan fingerprint density at radius 1 is 0.339 bits per heavy atom.